The summed E-state index contributed by atoms with van der Waals surface area (Å²) in [6.07, 6.45) is 0. The molecule has 2 aromatic heterocycles. The van der Waals surface area contributed by atoms with E-state index in [4.69, 9.17) is 18.9 Å². The van der Waals surface area contributed by atoms with Gasteiger partial charge in [-0.05, 0) is 47.5 Å². The molecule has 184 valence electrons. The number of fused-ring (bicyclic) bond motifs is 5. The molecule has 0 spiro atoms. The molecule has 39 heavy (non-hydrogen) atoms. The van der Waals surface area contributed by atoms with Crippen LogP contribution in [0.2, 0.25) is 0 Å². The number of aromatic nitrogens is 1. The molecule has 0 radical (unpaired) electrons. The summed E-state index contributed by atoms with van der Waals surface area (Å²) in [6.45, 7) is 0. The van der Waals surface area contributed by atoms with Crippen molar-refractivity contribution in [3.63, 3.8) is 0 Å². The molecule has 0 atom stereocenters. The standard InChI is InChI=1S/C35H21NO3/c1-3-9-22(10-4-1)28-17-25(18-29(36-28)23-11-5-2-6-12-23)24-15-16-31-33(19-24)39-34-20-27-26-13-7-8-14-30(26)37-32(27)21-35(34)38-31/h1-21H. The van der Waals surface area contributed by atoms with Gasteiger partial charge in [-0.1, -0.05) is 84.9 Å². The highest BCUT2D eigenvalue weighted by molar-refractivity contribution is 6.06. The summed E-state index contributed by atoms with van der Waals surface area (Å²) in [5, 5.41) is 2.05. The van der Waals surface area contributed by atoms with Crippen LogP contribution in [0.15, 0.2) is 132 Å². The van der Waals surface area contributed by atoms with Gasteiger partial charge in [0.1, 0.15) is 11.2 Å². The van der Waals surface area contributed by atoms with E-state index in [1.165, 1.54) is 0 Å². The van der Waals surface area contributed by atoms with E-state index < -0.39 is 0 Å². The van der Waals surface area contributed by atoms with Gasteiger partial charge in [-0.2, -0.15) is 0 Å². The molecule has 0 saturated heterocycles. The van der Waals surface area contributed by atoms with Gasteiger partial charge in [0.05, 0.1) is 11.4 Å². The van der Waals surface area contributed by atoms with Crippen LogP contribution in [0, 0.1) is 0 Å². The maximum atomic E-state index is 6.41. The molecule has 0 amide bonds. The van der Waals surface area contributed by atoms with E-state index in [-0.39, 0.29) is 0 Å². The fourth-order valence-corrected chi connectivity index (χ4v) is 5.19. The number of nitrogens with zero attached hydrogens (tertiary/aromatic N) is 1. The van der Waals surface area contributed by atoms with Gasteiger partial charge in [-0.15, -0.1) is 0 Å². The zero-order chi connectivity index (χ0) is 25.8. The number of hydrogen-bond acceptors (Lipinski definition) is 4. The molecule has 5 aromatic carbocycles. The lowest BCUT2D eigenvalue weighted by Gasteiger charge is -2.21. The highest BCUT2D eigenvalue weighted by atomic mass is 16.6. The predicted molar refractivity (Wildman–Crippen MR) is 154 cm³/mol. The first-order valence-electron chi connectivity index (χ1n) is 12.9. The Morgan fingerprint density at radius 2 is 1.00 bits per heavy atom. The minimum absolute atomic E-state index is 0.642. The maximum absolute atomic E-state index is 6.41. The Hall–Kier alpha value is -5.35. The first-order chi connectivity index (χ1) is 19.3. The highest BCUT2D eigenvalue weighted by Gasteiger charge is 2.22. The van der Waals surface area contributed by atoms with E-state index in [2.05, 4.69) is 48.5 Å². The second-order valence-electron chi connectivity index (χ2n) is 9.62. The molecule has 0 fully saturated rings. The number of benzene rings is 5. The summed E-state index contributed by atoms with van der Waals surface area (Å²) in [6, 6.07) is 42.7. The lowest BCUT2D eigenvalue weighted by molar-refractivity contribution is 0.360. The van der Waals surface area contributed by atoms with Crippen molar-refractivity contribution in [2.45, 2.75) is 0 Å². The predicted octanol–water partition coefficient (Wildman–Crippen LogP) is 9.88. The monoisotopic (exact) mass is 503 g/mol. The molecule has 3 heterocycles. The van der Waals surface area contributed by atoms with Crippen LogP contribution in [-0.2, 0) is 0 Å². The summed E-state index contributed by atoms with van der Waals surface area (Å²) >= 11 is 0. The van der Waals surface area contributed by atoms with E-state index >= 15 is 0 Å². The number of pyridine rings is 1. The molecular weight excluding hydrogens is 482 g/mol. The van der Waals surface area contributed by atoms with Gasteiger partial charge in [0.2, 0.25) is 0 Å². The third kappa shape index (κ3) is 3.73. The second kappa shape index (κ2) is 8.61. The summed E-state index contributed by atoms with van der Waals surface area (Å²) < 4.78 is 18.7. The first kappa shape index (κ1) is 21.7. The molecule has 0 N–H and O–H groups in total. The topological polar surface area (TPSA) is 44.5 Å². The number of hydrogen-bond donors (Lipinski definition) is 0. The van der Waals surface area contributed by atoms with Crippen LogP contribution >= 0.6 is 0 Å². The van der Waals surface area contributed by atoms with Crippen LogP contribution in [-0.4, -0.2) is 4.98 Å². The average molecular weight is 504 g/mol. The number of furan rings is 1. The molecular formula is C35H21NO3. The van der Waals surface area contributed by atoms with Gasteiger partial charge in [0.15, 0.2) is 23.0 Å². The summed E-state index contributed by atoms with van der Waals surface area (Å²) in [5.74, 6) is 2.65. The van der Waals surface area contributed by atoms with E-state index in [1.54, 1.807) is 0 Å². The van der Waals surface area contributed by atoms with Crippen LogP contribution in [0.4, 0.5) is 0 Å². The van der Waals surface area contributed by atoms with Crippen molar-refractivity contribution in [2.75, 3.05) is 0 Å². The minimum Gasteiger partial charge on any atom is -0.456 e. The van der Waals surface area contributed by atoms with Crippen molar-refractivity contribution >= 4 is 21.9 Å². The van der Waals surface area contributed by atoms with Crippen molar-refractivity contribution < 1.29 is 13.9 Å². The molecule has 8 rings (SSSR count). The van der Waals surface area contributed by atoms with Crippen LogP contribution in [0.25, 0.3) is 55.6 Å². The molecule has 0 saturated carbocycles. The van der Waals surface area contributed by atoms with Gasteiger partial charge in [-0.3, -0.25) is 0 Å². The molecule has 7 aromatic rings. The van der Waals surface area contributed by atoms with E-state index in [1.807, 2.05) is 78.9 Å². The average Bonchev–Trinajstić information content (AvgIpc) is 3.36. The Bertz CT molecular complexity index is 1950. The lowest BCUT2D eigenvalue weighted by Crippen LogP contribution is -1.99. The lowest BCUT2D eigenvalue weighted by atomic mass is 9.99. The van der Waals surface area contributed by atoms with Crippen molar-refractivity contribution in [1.29, 1.82) is 0 Å². The van der Waals surface area contributed by atoms with Gasteiger partial charge in [0, 0.05) is 28.0 Å². The molecule has 0 aliphatic carbocycles. The Balaban J connectivity index is 1.23. The molecule has 4 heteroatoms. The SMILES string of the molecule is c1ccc(-c2cc(-c3ccc4c(c3)Oc3cc5c(cc3O4)oc3ccccc35)cc(-c3ccccc3)n2)cc1. The molecule has 4 nitrogen and oxygen atoms in total. The Labute approximate surface area is 224 Å². The minimum atomic E-state index is 0.642. The summed E-state index contributed by atoms with van der Waals surface area (Å²) in [7, 11) is 0. The molecule has 1 aliphatic heterocycles. The maximum Gasteiger partial charge on any atom is 0.173 e. The van der Waals surface area contributed by atoms with Crippen LogP contribution in [0.1, 0.15) is 0 Å². The smallest absolute Gasteiger partial charge is 0.173 e. The van der Waals surface area contributed by atoms with Gasteiger partial charge in [0.25, 0.3) is 0 Å². The summed E-state index contributed by atoms with van der Waals surface area (Å²) in [4.78, 5) is 5.00. The zero-order valence-corrected chi connectivity index (χ0v) is 20.8. The zero-order valence-electron chi connectivity index (χ0n) is 20.8. The molecule has 1 aliphatic rings. The highest BCUT2D eigenvalue weighted by Crippen LogP contribution is 2.49. The normalized spacial score (nSPS) is 12.0. The molecule has 0 bridgehead atoms. The third-order valence-corrected chi connectivity index (χ3v) is 7.12. The first-order valence-corrected chi connectivity index (χ1v) is 12.9. The van der Waals surface area contributed by atoms with E-state index in [0.29, 0.717) is 23.0 Å². The van der Waals surface area contributed by atoms with Crippen LogP contribution in [0.5, 0.6) is 23.0 Å². The fraction of sp³-hybridized carbons (Fsp3) is 0. The van der Waals surface area contributed by atoms with Crippen molar-refractivity contribution in [1.82, 2.24) is 4.98 Å². The number of rotatable bonds is 3. The Morgan fingerprint density at radius 1 is 0.385 bits per heavy atom. The van der Waals surface area contributed by atoms with Gasteiger partial charge in [-0.25, -0.2) is 4.98 Å². The number of ether oxygens (including phenoxy) is 2. The fourth-order valence-electron chi connectivity index (χ4n) is 5.19. The summed E-state index contributed by atoms with van der Waals surface area (Å²) in [5.41, 5.74) is 7.66. The largest absolute Gasteiger partial charge is 0.456 e. The molecule has 0 unspecified atom stereocenters. The van der Waals surface area contributed by atoms with Gasteiger partial charge < -0.3 is 13.9 Å². The second-order valence-corrected chi connectivity index (χ2v) is 9.62. The van der Waals surface area contributed by atoms with Crippen molar-refractivity contribution in [3.8, 4) is 56.6 Å². The third-order valence-electron chi connectivity index (χ3n) is 7.12. The van der Waals surface area contributed by atoms with Crippen molar-refractivity contribution in [2.24, 2.45) is 0 Å². The van der Waals surface area contributed by atoms with E-state index in [9.17, 15) is 0 Å². The van der Waals surface area contributed by atoms with Gasteiger partial charge >= 0.3 is 0 Å². The Morgan fingerprint density at radius 3 is 1.74 bits per heavy atom. The van der Waals surface area contributed by atoms with Crippen LogP contribution < -0.4 is 9.47 Å². The quantitative estimate of drug-likeness (QED) is 0.241. The number of para-hydroxylation sites is 1. The van der Waals surface area contributed by atoms with Crippen LogP contribution in [0.3, 0.4) is 0 Å². The Kier molecular flexibility index (Phi) is 4.79. The van der Waals surface area contributed by atoms with Crippen molar-refractivity contribution in [3.05, 3.63) is 127 Å². The van der Waals surface area contributed by atoms with E-state index in [0.717, 1.165) is 55.6 Å².